The van der Waals surface area contributed by atoms with E-state index in [1.54, 1.807) is 0 Å². The average molecular weight is 348 g/mol. The molecule has 0 aliphatic heterocycles. The van der Waals surface area contributed by atoms with Crippen LogP contribution in [0.15, 0.2) is 0 Å². The van der Waals surface area contributed by atoms with Crippen LogP contribution >= 0.6 is 25.3 Å². The van der Waals surface area contributed by atoms with Crippen LogP contribution in [-0.4, -0.2) is 66.1 Å². The van der Waals surface area contributed by atoms with Crippen LogP contribution in [0.1, 0.15) is 12.8 Å². The fourth-order valence-corrected chi connectivity index (χ4v) is 1.95. The summed E-state index contributed by atoms with van der Waals surface area (Å²) < 4.78 is 0. The first-order valence-electron chi connectivity index (χ1n) is 6.25. The molecule has 1 rings (SSSR count). The third-order valence-corrected chi connectivity index (χ3v) is 3.03. The molecule has 0 aliphatic rings. The Bertz CT molecular complexity index is 458. The molecule has 1 aromatic rings. The van der Waals surface area contributed by atoms with Gasteiger partial charge in [0.15, 0.2) is 0 Å². The maximum absolute atomic E-state index is 11.0. The van der Waals surface area contributed by atoms with Crippen molar-refractivity contribution in [1.29, 1.82) is 0 Å². The van der Waals surface area contributed by atoms with Crippen LogP contribution in [0.5, 0.6) is 0 Å². The summed E-state index contributed by atoms with van der Waals surface area (Å²) in [5.74, 6) is -1.54. The molecule has 0 fully saturated rings. The monoisotopic (exact) mass is 348 g/mol. The Kier molecular flexibility index (Phi) is 7.66. The third-order valence-electron chi connectivity index (χ3n) is 2.52. The lowest BCUT2D eigenvalue weighted by atomic mass is 10.2. The molecule has 0 aromatic carbocycles. The molecule has 1 aromatic heterocycles. The molecular weight excluding hydrogens is 332 g/mol. The van der Waals surface area contributed by atoms with E-state index in [0.717, 1.165) is 0 Å². The van der Waals surface area contributed by atoms with Crippen molar-refractivity contribution in [3.05, 3.63) is 0 Å². The Morgan fingerprint density at radius 1 is 0.864 bits per heavy atom. The summed E-state index contributed by atoms with van der Waals surface area (Å²) in [5.41, 5.74) is 0. The van der Waals surface area contributed by atoms with Crippen LogP contribution in [0.25, 0.3) is 0 Å². The lowest BCUT2D eigenvalue weighted by Gasteiger charge is -2.14. The van der Waals surface area contributed by atoms with Gasteiger partial charge in [-0.05, 0) is 24.3 Å². The second-order valence-corrected chi connectivity index (χ2v) is 5.04. The van der Waals surface area contributed by atoms with Gasteiger partial charge in [-0.2, -0.15) is 25.3 Å². The smallest absolute Gasteiger partial charge is 0.326 e. The van der Waals surface area contributed by atoms with Gasteiger partial charge in [0.25, 0.3) is 11.9 Å². The fourth-order valence-electron chi connectivity index (χ4n) is 1.43. The van der Waals surface area contributed by atoms with Gasteiger partial charge < -0.3 is 20.8 Å². The molecule has 0 aliphatic carbocycles. The highest BCUT2D eigenvalue weighted by molar-refractivity contribution is 7.80. The standard InChI is InChI=1S/C10H16N6O4S2/c17-7(18)5(1-3-21)11-9-13-15-10(16-14-9)12-6(2-4-22)8(19)20/h5-6,21-22H,1-4H2,(H,17,18)(H,19,20)(H,11,13,14)(H,12,15,16). The summed E-state index contributed by atoms with van der Waals surface area (Å²) in [6.07, 6.45) is 0.537. The number of aliphatic carboxylic acids is 2. The van der Waals surface area contributed by atoms with Gasteiger partial charge in [-0.3, -0.25) is 0 Å². The van der Waals surface area contributed by atoms with Crippen molar-refractivity contribution in [2.75, 3.05) is 22.1 Å². The van der Waals surface area contributed by atoms with Crippen LogP contribution in [0, 0.1) is 0 Å². The number of carboxylic acid groups (broad SMARTS) is 2. The molecule has 0 bridgehead atoms. The van der Waals surface area contributed by atoms with E-state index in [9.17, 15) is 9.59 Å². The SMILES string of the molecule is O=C(O)C(CCS)Nc1nnc(NC(CCS)C(=O)O)nn1. The number of hydrogen-bond acceptors (Lipinski definition) is 10. The van der Waals surface area contributed by atoms with Crippen molar-refractivity contribution < 1.29 is 19.8 Å². The van der Waals surface area contributed by atoms with Gasteiger partial charge in [0.05, 0.1) is 0 Å². The summed E-state index contributed by atoms with van der Waals surface area (Å²) in [7, 11) is 0. The van der Waals surface area contributed by atoms with E-state index in [1.165, 1.54) is 0 Å². The van der Waals surface area contributed by atoms with E-state index >= 15 is 0 Å². The van der Waals surface area contributed by atoms with Crippen LogP contribution in [-0.2, 0) is 9.59 Å². The second-order valence-electron chi connectivity index (χ2n) is 4.14. The Morgan fingerprint density at radius 2 is 1.18 bits per heavy atom. The van der Waals surface area contributed by atoms with Gasteiger partial charge >= 0.3 is 11.9 Å². The normalized spacial score (nSPS) is 13.2. The summed E-state index contributed by atoms with van der Waals surface area (Å²) in [4.78, 5) is 22.0. The van der Waals surface area contributed by atoms with Crippen LogP contribution in [0.3, 0.4) is 0 Å². The highest BCUT2D eigenvalue weighted by Gasteiger charge is 2.20. The van der Waals surface area contributed by atoms with Gasteiger partial charge in [0, 0.05) is 0 Å². The minimum Gasteiger partial charge on any atom is -0.480 e. The summed E-state index contributed by atoms with van der Waals surface area (Å²) in [5, 5.41) is 37.7. The van der Waals surface area contributed by atoms with Crippen molar-refractivity contribution in [1.82, 2.24) is 20.4 Å². The van der Waals surface area contributed by atoms with E-state index in [1.807, 2.05) is 0 Å². The molecule has 122 valence electrons. The van der Waals surface area contributed by atoms with Crippen molar-refractivity contribution in [2.45, 2.75) is 24.9 Å². The van der Waals surface area contributed by atoms with Crippen LogP contribution < -0.4 is 10.6 Å². The number of aromatic nitrogens is 4. The maximum atomic E-state index is 11.0. The van der Waals surface area contributed by atoms with Gasteiger partial charge in [-0.1, -0.05) is 0 Å². The minimum atomic E-state index is -1.07. The molecule has 2 unspecified atom stereocenters. The number of rotatable bonds is 10. The lowest BCUT2D eigenvalue weighted by Crippen LogP contribution is -2.32. The fraction of sp³-hybridized carbons (Fsp3) is 0.600. The highest BCUT2D eigenvalue weighted by Crippen LogP contribution is 2.06. The molecule has 0 saturated carbocycles. The molecule has 0 amide bonds. The Balaban J connectivity index is 2.69. The van der Waals surface area contributed by atoms with E-state index < -0.39 is 24.0 Å². The Hall–Kier alpha value is -1.82. The number of thiol groups is 2. The minimum absolute atomic E-state index is 0.0687. The van der Waals surface area contributed by atoms with Gasteiger partial charge in [0.1, 0.15) is 12.1 Å². The van der Waals surface area contributed by atoms with E-state index in [4.69, 9.17) is 10.2 Å². The van der Waals surface area contributed by atoms with Gasteiger partial charge in [-0.15, -0.1) is 20.4 Å². The Labute approximate surface area is 136 Å². The number of carboxylic acids is 2. The molecular formula is C10H16N6O4S2. The predicted molar refractivity (Wildman–Crippen MR) is 84.7 cm³/mol. The Morgan fingerprint density at radius 3 is 1.41 bits per heavy atom. The summed E-state index contributed by atoms with van der Waals surface area (Å²) in [6.45, 7) is 0. The zero-order valence-corrected chi connectivity index (χ0v) is 13.2. The van der Waals surface area contributed by atoms with Gasteiger partial charge in [0.2, 0.25) is 0 Å². The van der Waals surface area contributed by atoms with Crippen LogP contribution in [0.2, 0.25) is 0 Å². The summed E-state index contributed by atoms with van der Waals surface area (Å²) >= 11 is 7.93. The molecule has 12 heteroatoms. The molecule has 10 nitrogen and oxygen atoms in total. The van der Waals surface area contributed by atoms with Crippen molar-refractivity contribution in [2.24, 2.45) is 0 Å². The number of nitrogens with one attached hydrogen (secondary N) is 2. The largest absolute Gasteiger partial charge is 0.480 e. The summed E-state index contributed by atoms with van der Waals surface area (Å²) in [6, 6.07) is -1.81. The first-order chi connectivity index (χ1) is 10.5. The maximum Gasteiger partial charge on any atom is 0.326 e. The van der Waals surface area contributed by atoms with Crippen LogP contribution in [0.4, 0.5) is 11.9 Å². The molecule has 0 saturated heterocycles. The van der Waals surface area contributed by atoms with Gasteiger partial charge in [-0.25, -0.2) is 9.59 Å². The lowest BCUT2D eigenvalue weighted by molar-refractivity contribution is -0.138. The zero-order valence-electron chi connectivity index (χ0n) is 11.4. The molecule has 0 spiro atoms. The first kappa shape index (κ1) is 18.2. The quantitative estimate of drug-likeness (QED) is 0.309. The molecule has 22 heavy (non-hydrogen) atoms. The molecule has 2 atom stereocenters. The second kappa shape index (κ2) is 9.25. The van der Waals surface area contributed by atoms with E-state index in [0.29, 0.717) is 11.5 Å². The molecule has 4 N–H and O–H groups in total. The predicted octanol–water partition coefficient (Wildman–Crippen LogP) is -0.363. The average Bonchev–Trinajstić information content (AvgIpc) is 2.47. The number of carbonyl (C=O) groups is 2. The number of anilines is 2. The highest BCUT2D eigenvalue weighted by atomic mass is 32.1. The van der Waals surface area contributed by atoms with E-state index in [2.05, 4.69) is 56.3 Å². The third kappa shape index (κ3) is 5.89. The van der Waals surface area contributed by atoms with Crippen molar-refractivity contribution in [3.8, 4) is 0 Å². The van der Waals surface area contributed by atoms with E-state index in [-0.39, 0.29) is 24.7 Å². The topological polar surface area (TPSA) is 150 Å². The molecule has 0 radical (unpaired) electrons. The molecule has 1 heterocycles. The number of hydrogen-bond donors (Lipinski definition) is 6. The first-order valence-corrected chi connectivity index (χ1v) is 7.52. The van der Waals surface area contributed by atoms with Crippen molar-refractivity contribution >= 4 is 49.1 Å². The number of nitrogens with zero attached hydrogens (tertiary/aromatic N) is 4. The zero-order chi connectivity index (χ0) is 16.5. The van der Waals surface area contributed by atoms with Crippen molar-refractivity contribution in [3.63, 3.8) is 0 Å².